The molecule has 0 radical (unpaired) electrons. The minimum Gasteiger partial charge on any atom is -0.482 e. The first-order chi connectivity index (χ1) is 16.1. The van der Waals surface area contributed by atoms with Crippen LogP contribution in [0.15, 0.2) is 72.9 Å². The van der Waals surface area contributed by atoms with Crippen molar-refractivity contribution in [2.75, 3.05) is 6.61 Å². The average Bonchev–Trinajstić information content (AvgIpc) is 3.32. The Morgan fingerprint density at radius 3 is 2.55 bits per heavy atom. The highest BCUT2D eigenvalue weighted by Crippen LogP contribution is 2.32. The molecule has 33 heavy (non-hydrogen) atoms. The van der Waals surface area contributed by atoms with Gasteiger partial charge in [-0.25, -0.2) is 4.79 Å². The van der Waals surface area contributed by atoms with Gasteiger partial charge in [-0.15, -0.1) is 0 Å². The Bertz CT molecular complexity index is 1120. The van der Waals surface area contributed by atoms with E-state index in [9.17, 15) is 9.59 Å². The maximum absolute atomic E-state index is 13.1. The molecule has 1 aromatic heterocycles. The molecule has 1 saturated carbocycles. The van der Waals surface area contributed by atoms with Gasteiger partial charge in [0.1, 0.15) is 5.75 Å². The van der Waals surface area contributed by atoms with Crippen molar-refractivity contribution in [1.82, 2.24) is 4.57 Å². The van der Waals surface area contributed by atoms with Crippen molar-refractivity contribution < 1.29 is 19.4 Å². The molecule has 1 aliphatic rings. The molecule has 4 rings (SSSR count). The van der Waals surface area contributed by atoms with E-state index < -0.39 is 5.97 Å². The van der Waals surface area contributed by atoms with Crippen molar-refractivity contribution >= 4 is 17.8 Å². The molecule has 1 fully saturated rings. The number of benzene rings is 2. The largest absolute Gasteiger partial charge is 0.482 e. The van der Waals surface area contributed by atoms with Crippen LogP contribution < -0.4 is 4.74 Å². The van der Waals surface area contributed by atoms with Crippen molar-refractivity contribution in [3.8, 4) is 5.75 Å². The number of ketones is 1. The molecule has 0 spiro atoms. The van der Waals surface area contributed by atoms with Crippen LogP contribution in [0.25, 0.3) is 6.08 Å². The summed E-state index contributed by atoms with van der Waals surface area (Å²) >= 11 is 0. The second kappa shape index (κ2) is 10.8. The summed E-state index contributed by atoms with van der Waals surface area (Å²) in [6.45, 7) is 0.179. The fourth-order valence-electron chi connectivity index (χ4n) is 4.43. The third-order valence-electron chi connectivity index (χ3n) is 6.14. The van der Waals surface area contributed by atoms with E-state index in [1.807, 2.05) is 59.3 Å². The molecular formula is C28H29NO4. The Balaban J connectivity index is 1.40. The monoisotopic (exact) mass is 443 g/mol. The molecule has 0 unspecified atom stereocenters. The summed E-state index contributed by atoms with van der Waals surface area (Å²) in [6, 6.07) is 19.1. The highest BCUT2D eigenvalue weighted by atomic mass is 16.5. The minimum atomic E-state index is -1.01. The van der Waals surface area contributed by atoms with Crippen LogP contribution in [0, 0.1) is 0 Å². The average molecular weight is 444 g/mol. The number of rotatable bonds is 9. The summed E-state index contributed by atoms with van der Waals surface area (Å²) in [5.74, 6) is 0.148. The van der Waals surface area contributed by atoms with Gasteiger partial charge in [0.05, 0.1) is 5.69 Å². The summed E-state index contributed by atoms with van der Waals surface area (Å²) in [5.41, 5.74) is 3.61. The van der Waals surface area contributed by atoms with E-state index in [0.29, 0.717) is 29.5 Å². The van der Waals surface area contributed by atoms with Crippen molar-refractivity contribution in [2.45, 2.75) is 44.6 Å². The molecule has 5 nitrogen and oxygen atoms in total. The number of carbonyl (C=O) groups excluding carboxylic acids is 1. The first-order valence-electron chi connectivity index (χ1n) is 11.5. The molecule has 3 aromatic rings. The third-order valence-corrected chi connectivity index (χ3v) is 6.14. The van der Waals surface area contributed by atoms with E-state index in [-0.39, 0.29) is 12.4 Å². The van der Waals surface area contributed by atoms with E-state index >= 15 is 0 Å². The number of aromatic nitrogens is 1. The van der Waals surface area contributed by atoms with Crippen LogP contribution in [-0.2, 0) is 11.3 Å². The molecular weight excluding hydrogens is 414 g/mol. The summed E-state index contributed by atoms with van der Waals surface area (Å²) in [5, 5.41) is 8.75. The number of carboxylic acid groups (broad SMARTS) is 1. The Labute approximate surface area is 194 Å². The maximum Gasteiger partial charge on any atom is 0.341 e. The van der Waals surface area contributed by atoms with Gasteiger partial charge in [-0.1, -0.05) is 67.8 Å². The van der Waals surface area contributed by atoms with Crippen LogP contribution in [0.2, 0.25) is 0 Å². The Kier molecular flexibility index (Phi) is 7.40. The van der Waals surface area contributed by atoms with Gasteiger partial charge in [0.15, 0.2) is 6.61 Å². The first-order valence-corrected chi connectivity index (χ1v) is 11.5. The van der Waals surface area contributed by atoms with Gasteiger partial charge in [0.25, 0.3) is 0 Å². The van der Waals surface area contributed by atoms with Crippen LogP contribution in [0.1, 0.15) is 65.2 Å². The minimum absolute atomic E-state index is 0.0210. The number of hydrogen-bond donors (Lipinski definition) is 1. The molecule has 170 valence electrons. The van der Waals surface area contributed by atoms with Gasteiger partial charge in [0.2, 0.25) is 5.78 Å². The van der Waals surface area contributed by atoms with E-state index in [4.69, 9.17) is 9.84 Å². The smallest absolute Gasteiger partial charge is 0.341 e. The van der Waals surface area contributed by atoms with Gasteiger partial charge in [-0.05, 0) is 54.2 Å². The van der Waals surface area contributed by atoms with Crippen molar-refractivity contribution in [2.24, 2.45) is 0 Å². The number of carboxylic acids is 1. The standard InChI is InChI=1S/C28H29NO4/c30-27(31)20-33-25-11-4-7-21(19-25)8-5-17-29-18-6-12-26(29)28(32)24-15-13-23(14-16-24)22-9-2-1-3-10-22/h4-8,11-16,18-19,22H,1-3,9-10,17,20H2,(H,30,31). The lowest BCUT2D eigenvalue weighted by molar-refractivity contribution is -0.139. The quantitative estimate of drug-likeness (QED) is 0.415. The van der Waals surface area contributed by atoms with Gasteiger partial charge in [-0.2, -0.15) is 0 Å². The van der Waals surface area contributed by atoms with E-state index in [1.54, 1.807) is 12.1 Å². The number of carbonyl (C=O) groups is 2. The highest BCUT2D eigenvalue weighted by Gasteiger charge is 2.17. The molecule has 5 heteroatoms. The normalized spacial score (nSPS) is 14.4. The zero-order chi connectivity index (χ0) is 23.0. The van der Waals surface area contributed by atoms with Gasteiger partial charge >= 0.3 is 5.97 Å². The number of hydrogen-bond acceptors (Lipinski definition) is 3. The van der Waals surface area contributed by atoms with Gasteiger partial charge < -0.3 is 14.4 Å². The number of ether oxygens (including phenoxy) is 1. The summed E-state index contributed by atoms with van der Waals surface area (Å²) < 4.78 is 7.15. The Hall–Kier alpha value is -3.60. The molecule has 0 aliphatic heterocycles. The Morgan fingerprint density at radius 1 is 1.00 bits per heavy atom. The van der Waals surface area contributed by atoms with Crippen LogP contribution in [-0.4, -0.2) is 28.0 Å². The zero-order valence-electron chi connectivity index (χ0n) is 18.7. The van der Waals surface area contributed by atoms with Crippen LogP contribution in [0.3, 0.4) is 0 Å². The van der Waals surface area contributed by atoms with E-state index in [1.165, 1.54) is 37.7 Å². The highest BCUT2D eigenvalue weighted by molar-refractivity contribution is 6.08. The fourth-order valence-corrected chi connectivity index (χ4v) is 4.43. The SMILES string of the molecule is O=C(O)COc1cccc(C=CCn2cccc2C(=O)c2ccc(C3CCCCC3)cc2)c1. The molecule has 1 aliphatic carbocycles. The molecule has 1 N–H and O–H groups in total. The summed E-state index contributed by atoms with van der Waals surface area (Å²) in [6.07, 6.45) is 12.2. The van der Waals surface area contributed by atoms with Crippen molar-refractivity contribution in [3.05, 3.63) is 95.3 Å². The van der Waals surface area contributed by atoms with Crippen molar-refractivity contribution in [1.29, 1.82) is 0 Å². The molecule has 2 aromatic carbocycles. The lowest BCUT2D eigenvalue weighted by Crippen LogP contribution is -2.10. The van der Waals surface area contributed by atoms with E-state index in [2.05, 4.69) is 12.1 Å². The second-order valence-electron chi connectivity index (χ2n) is 8.49. The fraction of sp³-hybridized carbons (Fsp3) is 0.286. The molecule has 1 heterocycles. The molecule has 0 amide bonds. The van der Waals surface area contributed by atoms with Crippen LogP contribution in [0.4, 0.5) is 0 Å². The third kappa shape index (κ3) is 6.01. The number of aliphatic carboxylic acids is 1. The van der Waals surface area contributed by atoms with Crippen molar-refractivity contribution in [3.63, 3.8) is 0 Å². The van der Waals surface area contributed by atoms with Gasteiger partial charge in [0, 0.05) is 18.3 Å². The first kappa shape index (κ1) is 22.6. The Morgan fingerprint density at radius 2 is 1.79 bits per heavy atom. The molecule has 0 saturated heterocycles. The van der Waals surface area contributed by atoms with Crippen LogP contribution in [0.5, 0.6) is 5.75 Å². The predicted octanol–water partition coefficient (Wildman–Crippen LogP) is 5.94. The maximum atomic E-state index is 13.1. The lowest BCUT2D eigenvalue weighted by atomic mass is 9.84. The molecule has 0 bridgehead atoms. The summed E-state index contributed by atoms with van der Waals surface area (Å²) in [7, 11) is 0. The second-order valence-corrected chi connectivity index (χ2v) is 8.49. The zero-order valence-corrected chi connectivity index (χ0v) is 18.7. The number of allylic oxidation sites excluding steroid dienone is 1. The summed E-state index contributed by atoms with van der Waals surface area (Å²) in [4.78, 5) is 23.8. The lowest BCUT2D eigenvalue weighted by Gasteiger charge is -2.22. The predicted molar refractivity (Wildman–Crippen MR) is 129 cm³/mol. The molecule has 0 atom stereocenters. The van der Waals surface area contributed by atoms with Crippen LogP contribution >= 0.6 is 0 Å². The van der Waals surface area contributed by atoms with Gasteiger partial charge in [-0.3, -0.25) is 4.79 Å². The number of nitrogens with zero attached hydrogens (tertiary/aromatic N) is 1. The topological polar surface area (TPSA) is 68.5 Å². The van der Waals surface area contributed by atoms with E-state index in [0.717, 1.165) is 5.56 Å².